The zero-order valence-electron chi connectivity index (χ0n) is 13.9. The van der Waals surface area contributed by atoms with Crippen molar-refractivity contribution in [3.63, 3.8) is 0 Å². The third kappa shape index (κ3) is 5.56. The second-order valence-corrected chi connectivity index (χ2v) is 5.99. The maximum atomic E-state index is 5.14. The summed E-state index contributed by atoms with van der Waals surface area (Å²) >= 11 is 1.73. The fourth-order valence-electron chi connectivity index (χ4n) is 2.08. The van der Waals surface area contributed by atoms with Gasteiger partial charge in [0.05, 0.1) is 19.3 Å². The van der Waals surface area contributed by atoms with Gasteiger partial charge in [0, 0.05) is 19.2 Å². The highest BCUT2D eigenvalue weighted by Gasteiger charge is 2.07. The third-order valence-electron chi connectivity index (χ3n) is 3.42. The lowest BCUT2D eigenvalue weighted by Crippen LogP contribution is -2.39. The lowest BCUT2D eigenvalue weighted by Gasteiger charge is -2.15. The van der Waals surface area contributed by atoms with Crippen LogP contribution in [0.2, 0.25) is 0 Å². The molecule has 2 aromatic rings. The van der Waals surface area contributed by atoms with Gasteiger partial charge in [-0.2, -0.15) is 11.3 Å². The molecule has 23 heavy (non-hydrogen) atoms. The van der Waals surface area contributed by atoms with E-state index in [9.17, 15) is 0 Å². The molecule has 6 heteroatoms. The van der Waals surface area contributed by atoms with Crippen LogP contribution in [0.1, 0.15) is 31.0 Å². The number of nitrogens with one attached hydrogen (secondary N) is 2. The number of methoxy groups -OCH3 is 1. The second kappa shape index (κ2) is 9.15. The molecule has 0 aromatic carbocycles. The van der Waals surface area contributed by atoms with Crippen molar-refractivity contribution in [1.29, 1.82) is 0 Å². The number of hydrogen-bond donors (Lipinski definition) is 2. The van der Waals surface area contributed by atoms with Gasteiger partial charge in [-0.3, -0.25) is 0 Å². The van der Waals surface area contributed by atoms with E-state index < -0.39 is 0 Å². The molecule has 5 nitrogen and oxygen atoms in total. The van der Waals surface area contributed by atoms with Gasteiger partial charge in [0.15, 0.2) is 5.96 Å². The summed E-state index contributed by atoms with van der Waals surface area (Å²) in [5.74, 6) is 1.86. The molecule has 1 atom stereocenters. The molecule has 2 aromatic heterocycles. The summed E-state index contributed by atoms with van der Waals surface area (Å²) in [6, 6.07) is 7.87. The van der Waals surface area contributed by atoms with Crippen LogP contribution in [-0.2, 0) is 6.54 Å². The largest absolute Gasteiger partial charge is 0.481 e. The van der Waals surface area contributed by atoms with E-state index in [0.29, 0.717) is 18.3 Å². The van der Waals surface area contributed by atoms with Crippen molar-refractivity contribution < 1.29 is 4.74 Å². The zero-order chi connectivity index (χ0) is 16.5. The summed E-state index contributed by atoms with van der Waals surface area (Å²) in [6.07, 6.45) is 0. The van der Waals surface area contributed by atoms with Gasteiger partial charge in [-0.05, 0) is 41.3 Å². The summed E-state index contributed by atoms with van der Waals surface area (Å²) in [5, 5.41) is 11.0. The maximum absolute atomic E-state index is 5.14. The minimum atomic E-state index is 0.444. The average Bonchev–Trinajstić information content (AvgIpc) is 3.12. The molecule has 2 N–H and O–H groups in total. The normalized spacial score (nSPS) is 12.7. The van der Waals surface area contributed by atoms with Gasteiger partial charge in [0.25, 0.3) is 0 Å². The maximum Gasteiger partial charge on any atom is 0.213 e. The van der Waals surface area contributed by atoms with E-state index in [-0.39, 0.29) is 0 Å². The number of rotatable bonds is 7. The Bertz CT molecular complexity index is 613. The standard InChI is InChI=1S/C17H24N4OS/c1-4-18-17(19-10-13(2)14-8-9-23-12-14)20-11-15-6-5-7-16(21-15)22-3/h5-9,12-13H,4,10-11H2,1-3H3,(H2,18,19,20). The van der Waals surface area contributed by atoms with Crippen LogP contribution < -0.4 is 15.4 Å². The highest BCUT2D eigenvalue weighted by molar-refractivity contribution is 7.07. The number of nitrogens with zero attached hydrogens (tertiary/aromatic N) is 2. The second-order valence-electron chi connectivity index (χ2n) is 5.21. The highest BCUT2D eigenvalue weighted by Crippen LogP contribution is 2.17. The van der Waals surface area contributed by atoms with Crippen LogP contribution >= 0.6 is 11.3 Å². The number of hydrogen-bond acceptors (Lipinski definition) is 4. The number of aromatic nitrogens is 1. The monoisotopic (exact) mass is 332 g/mol. The van der Waals surface area contributed by atoms with Gasteiger partial charge >= 0.3 is 0 Å². The number of ether oxygens (including phenoxy) is 1. The summed E-state index contributed by atoms with van der Waals surface area (Å²) < 4.78 is 5.14. The molecule has 0 amide bonds. The van der Waals surface area contributed by atoms with Gasteiger partial charge in [-0.15, -0.1) is 0 Å². The molecule has 1 unspecified atom stereocenters. The van der Waals surface area contributed by atoms with Crippen molar-refractivity contribution in [3.8, 4) is 5.88 Å². The van der Waals surface area contributed by atoms with E-state index in [1.54, 1.807) is 18.4 Å². The fourth-order valence-corrected chi connectivity index (χ4v) is 2.87. The Balaban J connectivity index is 1.93. The fraction of sp³-hybridized carbons (Fsp3) is 0.412. The molecule has 0 saturated carbocycles. The molecule has 0 bridgehead atoms. The SMILES string of the molecule is CCNC(=NCc1cccc(OC)n1)NCC(C)c1ccsc1. The Morgan fingerprint density at radius 3 is 2.91 bits per heavy atom. The van der Waals surface area contributed by atoms with E-state index in [4.69, 9.17) is 4.74 Å². The first-order chi connectivity index (χ1) is 11.2. The van der Waals surface area contributed by atoms with Crippen molar-refractivity contribution in [3.05, 3.63) is 46.3 Å². The van der Waals surface area contributed by atoms with Crippen LogP contribution in [0.25, 0.3) is 0 Å². The van der Waals surface area contributed by atoms with Crippen molar-refractivity contribution in [1.82, 2.24) is 15.6 Å². The predicted octanol–water partition coefficient (Wildman–Crippen LogP) is 3.01. The Kier molecular flexibility index (Phi) is 6.87. The van der Waals surface area contributed by atoms with Gasteiger partial charge in [0.1, 0.15) is 0 Å². The Labute approximate surface area is 141 Å². The molecule has 2 heterocycles. The summed E-state index contributed by atoms with van der Waals surface area (Å²) in [6.45, 7) is 6.45. The van der Waals surface area contributed by atoms with Gasteiger partial charge in [-0.1, -0.05) is 13.0 Å². The topological polar surface area (TPSA) is 58.5 Å². The van der Waals surface area contributed by atoms with Crippen LogP contribution in [0.15, 0.2) is 40.0 Å². The quantitative estimate of drug-likeness (QED) is 0.604. The lowest BCUT2D eigenvalue weighted by molar-refractivity contribution is 0.396. The molecule has 0 fully saturated rings. The number of guanidine groups is 1. The first-order valence-electron chi connectivity index (χ1n) is 7.77. The van der Waals surface area contributed by atoms with Crippen LogP contribution in [0, 0.1) is 0 Å². The molecule has 0 radical (unpaired) electrons. The van der Waals surface area contributed by atoms with Crippen molar-refractivity contribution in [2.45, 2.75) is 26.3 Å². The van der Waals surface area contributed by atoms with E-state index in [2.05, 4.69) is 51.3 Å². The van der Waals surface area contributed by atoms with Gasteiger partial charge in [-0.25, -0.2) is 9.98 Å². The zero-order valence-corrected chi connectivity index (χ0v) is 14.7. The van der Waals surface area contributed by atoms with Crippen LogP contribution in [0.3, 0.4) is 0 Å². The van der Waals surface area contributed by atoms with Crippen LogP contribution in [-0.4, -0.2) is 31.1 Å². The first-order valence-corrected chi connectivity index (χ1v) is 8.71. The molecule has 0 spiro atoms. The van der Waals surface area contributed by atoms with E-state index >= 15 is 0 Å². The molecule has 0 aliphatic rings. The minimum absolute atomic E-state index is 0.444. The van der Waals surface area contributed by atoms with Crippen molar-refractivity contribution >= 4 is 17.3 Å². The smallest absolute Gasteiger partial charge is 0.213 e. The molecular weight excluding hydrogens is 308 g/mol. The van der Waals surface area contributed by atoms with E-state index in [1.165, 1.54) is 5.56 Å². The van der Waals surface area contributed by atoms with Crippen molar-refractivity contribution in [2.75, 3.05) is 20.2 Å². The Morgan fingerprint density at radius 1 is 1.35 bits per heavy atom. The molecule has 0 aliphatic heterocycles. The predicted molar refractivity (Wildman–Crippen MR) is 96.3 cm³/mol. The van der Waals surface area contributed by atoms with E-state index in [1.807, 2.05) is 18.2 Å². The summed E-state index contributed by atoms with van der Waals surface area (Å²) in [5.41, 5.74) is 2.24. The Morgan fingerprint density at radius 2 is 2.22 bits per heavy atom. The third-order valence-corrected chi connectivity index (χ3v) is 4.12. The van der Waals surface area contributed by atoms with Gasteiger partial charge < -0.3 is 15.4 Å². The van der Waals surface area contributed by atoms with Gasteiger partial charge in [0.2, 0.25) is 5.88 Å². The highest BCUT2D eigenvalue weighted by atomic mass is 32.1. The lowest BCUT2D eigenvalue weighted by atomic mass is 10.1. The number of pyridine rings is 1. The molecule has 0 saturated heterocycles. The number of thiophene rings is 1. The number of aliphatic imine (C=N–C) groups is 1. The molecular formula is C17H24N4OS. The molecule has 124 valence electrons. The van der Waals surface area contributed by atoms with E-state index in [0.717, 1.165) is 24.7 Å². The van der Waals surface area contributed by atoms with Crippen molar-refractivity contribution in [2.24, 2.45) is 4.99 Å². The van der Waals surface area contributed by atoms with Crippen LogP contribution in [0.4, 0.5) is 0 Å². The molecule has 2 rings (SSSR count). The molecule has 0 aliphatic carbocycles. The average molecular weight is 332 g/mol. The Hall–Kier alpha value is -2.08. The summed E-state index contributed by atoms with van der Waals surface area (Å²) in [7, 11) is 1.62. The first kappa shape index (κ1) is 17.3. The minimum Gasteiger partial charge on any atom is -0.481 e. The van der Waals surface area contributed by atoms with Crippen LogP contribution in [0.5, 0.6) is 5.88 Å². The summed E-state index contributed by atoms with van der Waals surface area (Å²) in [4.78, 5) is 8.97.